The van der Waals surface area contributed by atoms with Gasteiger partial charge < -0.3 is 14.4 Å². The van der Waals surface area contributed by atoms with Gasteiger partial charge in [0.1, 0.15) is 12.0 Å². The van der Waals surface area contributed by atoms with Crippen LogP contribution in [0.3, 0.4) is 0 Å². The Balaban J connectivity index is 2.99. The van der Waals surface area contributed by atoms with Crippen molar-refractivity contribution in [3.63, 3.8) is 0 Å². The van der Waals surface area contributed by atoms with E-state index in [1.807, 2.05) is 26.2 Å². The summed E-state index contributed by atoms with van der Waals surface area (Å²) in [5, 5.41) is 0.593. The van der Waals surface area contributed by atoms with Gasteiger partial charge in [0.15, 0.2) is 0 Å². The monoisotopic (exact) mass is 255 g/mol. The SMILES string of the molecule is COc1cc(CC=O)c(CCN(C)C)cc1Cl. The third-order valence-corrected chi connectivity index (χ3v) is 2.90. The van der Waals surface area contributed by atoms with Gasteiger partial charge in [0.25, 0.3) is 0 Å². The van der Waals surface area contributed by atoms with E-state index in [2.05, 4.69) is 4.90 Å². The summed E-state index contributed by atoms with van der Waals surface area (Å²) in [5.41, 5.74) is 2.10. The van der Waals surface area contributed by atoms with E-state index < -0.39 is 0 Å². The van der Waals surface area contributed by atoms with Crippen LogP contribution in [0.5, 0.6) is 5.75 Å². The lowest BCUT2D eigenvalue weighted by molar-refractivity contribution is -0.107. The molecule has 0 aliphatic carbocycles. The molecule has 0 bridgehead atoms. The first-order chi connectivity index (χ1) is 8.08. The lowest BCUT2D eigenvalue weighted by Crippen LogP contribution is -2.16. The quantitative estimate of drug-likeness (QED) is 0.730. The van der Waals surface area contributed by atoms with Gasteiger partial charge in [0.05, 0.1) is 12.1 Å². The van der Waals surface area contributed by atoms with Gasteiger partial charge in [-0.1, -0.05) is 11.6 Å². The molecule has 0 amide bonds. The highest BCUT2D eigenvalue weighted by molar-refractivity contribution is 6.32. The maximum absolute atomic E-state index is 10.7. The molecule has 0 aliphatic rings. The first-order valence-corrected chi connectivity index (χ1v) is 5.90. The van der Waals surface area contributed by atoms with Crippen molar-refractivity contribution in [2.45, 2.75) is 12.8 Å². The number of carbonyl (C=O) groups is 1. The minimum absolute atomic E-state index is 0.399. The second-order valence-electron chi connectivity index (χ2n) is 4.18. The number of benzene rings is 1. The average Bonchev–Trinajstić information content (AvgIpc) is 2.29. The number of hydrogen-bond acceptors (Lipinski definition) is 3. The molecule has 0 aromatic heterocycles. The van der Waals surface area contributed by atoms with Crippen LogP contribution in [0.2, 0.25) is 5.02 Å². The van der Waals surface area contributed by atoms with Crippen LogP contribution in [0.4, 0.5) is 0 Å². The van der Waals surface area contributed by atoms with Gasteiger partial charge in [-0.15, -0.1) is 0 Å². The molecule has 0 atom stereocenters. The van der Waals surface area contributed by atoms with Crippen LogP contribution in [0.25, 0.3) is 0 Å². The molecule has 1 rings (SSSR count). The topological polar surface area (TPSA) is 29.5 Å². The molecule has 1 aromatic carbocycles. The lowest BCUT2D eigenvalue weighted by atomic mass is 10.0. The summed E-state index contributed by atoms with van der Waals surface area (Å²) in [6.45, 7) is 0.925. The van der Waals surface area contributed by atoms with Gasteiger partial charge in [-0.25, -0.2) is 0 Å². The summed E-state index contributed by atoms with van der Waals surface area (Å²) in [5.74, 6) is 0.622. The molecule has 0 saturated carbocycles. The predicted molar refractivity (Wildman–Crippen MR) is 70.0 cm³/mol. The molecular weight excluding hydrogens is 238 g/mol. The van der Waals surface area contributed by atoms with Gasteiger partial charge in [0.2, 0.25) is 0 Å². The minimum atomic E-state index is 0.399. The van der Waals surface area contributed by atoms with Crippen molar-refractivity contribution in [3.8, 4) is 5.75 Å². The van der Waals surface area contributed by atoms with E-state index >= 15 is 0 Å². The third kappa shape index (κ3) is 4.02. The largest absolute Gasteiger partial charge is 0.495 e. The van der Waals surface area contributed by atoms with Crippen LogP contribution in [-0.2, 0) is 17.6 Å². The number of aldehydes is 1. The second-order valence-corrected chi connectivity index (χ2v) is 4.59. The number of ether oxygens (including phenoxy) is 1. The lowest BCUT2D eigenvalue weighted by Gasteiger charge is -2.14. The Morgan fingerprint density at radius 2 is 2.06 bits per heavy atom. The van der Waals surface area contributed by atoms with Gasteiger partial charge in [-0.3, -0.25) is 0 Å². The molecule has 0 spiro atoms. The first kappa shape index (κ1) is 14.0. The maximum Gasteiger partial charge on any atom is 0.137 e. The zero-order chi connectivity index (χ0) is 12.8. The molecule has 0 radical (unpaired) electrons. The summed E-state index contributed by atoms with van der Waals surface area (Å²) >= 11 is 6.09. The molecule has 0 N–H and O–H groups in total. The normalized spacial score (nSPS) is 10.6. The van der Waals surface area contributed by atoms with Crippen LogP contribution < -0.4 is 4.74 Å². The summed E-state index contributed by atoms with van der Waals surface area (Å²) in [4.78, 5) is 12.8. The number of likely N-dealkylation sites (N-methyl/N-ethyl adjacent to an activating group) is 1. The Hall–Kier alpha value is -1.06. The van der Waals surface area contributed by atoms with Gasteiger partial charge in [-0.2, -0.15) is 0 Å². The zero-order valence-corrected chi connectivity index (χ0v) is 11.3. The van der Waals surface area contributed by atoms with Crippen molar-refractivity contribution in [3.05, 3.63) is 28.3 Å². The fourth-order valence-corrected chi connectivity index (χ4v) is 1.91. The van der Waals surface area contributed by atoms with Crippen molar-refractivity contribution < 1.29 is 9.53 Å². The zero-order valence-electron chi connectivity index (χ0n) is 10.5. The van der Waals surface area contributed by atoms with Gasteiger partial charge in [-0.05, 0) is 43.8 Å². The first-order valence-electron chi connectivity index (χ1n) is 5.52. The molecule has 0 saturated heterocycles. The van der Waals surface area contributed by atoms with Crippen molar-refractivity contribution in [2.24, 2.45) is 0 Å². The summed E-state index contributed by atoms with van der Waals surface area (Å²) in [6.07, 6.45) is 2.18. The highest BCUT2D eigenvalue weighted by Crippen LogP contribution is 2.28. The van der Waals surface area contributed by atoms with Crippen molar-refractivity contribution in [2.75, 3.05) is 27.7 Å². The molecule has 0 aliphatic heterocycles. The second kappa shape index (κ2) is 6.62. The molecular formula is C13H18ClNO2. The van der Waals surface area contributed by atoms with E-state index in [4.69, 9.17) is 16.3 Å². The van der Waals surface area contributed by atoms with Gasteiger partial charge in [0, 0.05) is 13.0 Å². The Kier molecular flexibility index (Phi) is 5.45. The number of halogens is 1. The smallest absolute Gasteiger partial charge is 0.137 e. The number of hydrogen-bond donors (Lipinski definition) is 0. The molecule has 0 fully saturated rings. The maximum atomic E-state index is 10.7. The van der Waals surface area contributed by atoms with E-state index in [0.29, 0.717) is 17.2 Å². The summed E-state index contributed by atoms with van der Waals surface area (Å²) in [6, 6.07) is 3.74. The molecule has 94 valence electrons. The summed E-state index contributed by atoms with van der Waals surface area (Å²) < 4.78 is 5.15. The Morgan fingerprint density at radius 3 is 2.59 bits per heavy atom. The minimum Gasteiger partial charge on any atom is -0.495 e. The number of methoxy groups -OCH3 is 1. The fourth-order valence-electron chi connectivity index (χ4n) is 1.65. The fraction of sp³-hybridized carbons (Fsp3) is 0.462. The molecule has 4 heteroatoms. The Morgan fingerprint density at radius 1 is 1.35 bits per heavy atom. The highest BCUT2D eigenvalue weighted by Gasteiger charge is 2.09. The molecule has 0 unspecified atom stereocenters. The highest BCUT2D eigenvalue weighted by atomic mass is 35.5. The molecule has 1 aromatic rings. The van der Waals surface area contributed by atoms with Crippen LogP contribution in [-0.4, -0.2) is 38.9 Å². The van der Waals surface area contributed by atoms with Crippen molar-refractivity contribution in [1.29, 1.82) is 0 Å². The standard InChI is InChI=1S/C13H18ClNO2/c1-15(2)6-4-10-8-12(14)13(17-3)9-11(10)5-7-16/h7-9H,4-6H2,1-3H3. The molecule has 17 heavy (non-hydrogen) atoms. The predicted octanol–water partition coefficient (Wildman–Crippen LogP) is 2.19. The molecule has 3 nitrogen and oxygen atoms in total. The van der Waals surface area contributed by atoms with Crippen molar-refractivity contribution in [1.82, 2.24) is 4.90 Å². The average molecular weight is 256 g/mol. The van der Waals surface area contributed by atoms with Crippen LogP contribution >= 0.6 is 11.6 Å². The van der Waals surface area contributed by atoms with Gasteiger partial charge >= 0.3 is 0 Å². The Labute approximate surface area is 107 Å². The van der Waals surface area contributed by atoms with E-state index in [-0.39, 0.29) is 0 Å². The van der Waals surface area contributed by atoms with Crippen LogP contribution in [0.1, 0.15) is 11.1 Å². The van der Waals surface area contributed by atoms with E-state index in [9.17, 15) is 4.79 Å². The van der Waals surface area contributed by atoms with E-state index in [0.717, 1.165) is 30.4 Å². The Bertz CT molecular complexity index is 391. The van der Waals surface area contributed by atoms with Crippen LogP contribution in [0.15, 0.2) is 12.1 Å². The number of carbonyl (C=O) groups excluding carboxylic acids is 1. The van der Waals surface area contributed by atoms with Crippen LogP contribution in [0, 0.1) is 0 Å². The van der Waals surface area contributed by atoms with Crippen molar-refractivity contribution >= 4 is 17.9 Å². The summed E-state index contributed by atoms with van der Waals surface area (Å²) in [7, 11) is 5.61. The third-order valence-electron chi connectivity index (χ3n) is 2.61. The van der Waals surface area contributed by atoms with E-state index in [1.54, 1.807) is 7.11 Å². The number of rotatable bonds is 6. The van der Waals surface area contributed by atoms with E-state index in [1.165, 1.54) is 0 Å². The number of nitrogens with zero attached hydrogens (tertiary/aromatic N) is 1. The molecule has 0 heterocycles.